The van der Waals surface area contributed by atoms with Gasteiger partial charge in [0.15, 0.2) is 0 Å². The minimum absolute atomic E-state index is 0.00773. The van der Waals surface area contributed by atoms with Gasteiger partial charge in [0.25, 0.3) is 0 Å². The number of sulfonamides is 1. The average molecular weight is 485 g/mol. The number of carbonyl (C=O) groups excluding carboxylic acids is 1. The molecule has 2 heterocycles. The van der Waals surface area contributed by atoms with Crippen molar-refractivity contribution in [1.82, 2.24) is 31.5 Å². The molecule has 0 bridgehead atoms. The van der Waals surface area contributed by atoms with Crippen molar-refractivity contribution in [2.75, 3.05) is 26.2 Å². The van der Waals surface area contributed by atoms with Gasteiger partial charge in [-0.05, 0) is 44.4 Å². The van der Waals surface area contributed by atoms with Crippen molar-refractivity contribution < 1.29 is 28.0 Å². The van der Waals surface area contributed by atoms with Gasteiger partial charge in [-0.3, -0.25) is 20.7 Å². The predicted octanol–water partition coefficient (Wildman–Crippen LogP) is -1.22. The topological polar surface area (TPSA) is 170 Å². The van der Waals surface area contributed by atoms with E-state index in [1.165, 1.54) is 24.3 Å². The van der Waals surface area contributed by atoms with Crippen molar-refractivity contribution in [2.24, 2.45) is 0 Å². The Hall–Kier alpha value is -2.13. The molecular formula is C20H32N6O6S. The van der Waals surface area contributed by atoms with Crippen molar-refractivity contribution in [3.8, 4) is 0 Å². The van der Waals surface area contributed by atoms with Gasteiger partial charge < -0.3 is 15.3 Å². The third kappa shape index (κ3) is 7.43. The van der Waals surface area contributed by atoms with Crippen LogP contribution in [0.4, 0.5) is 0 Å². The summed E-state index contributed by atoms with van der Waals surface area (Å²) in [6.45, 7) is 2.74. The van der Waals surface area contributed by atoms with E-state index in [0.29, 0.717) is 32.4 Å². The highest BCUT2D eigenvalue weighted by molar-refractivity contribution is 7.89. The minimum atomic E-state index is -4.21. The number of hydrogen-bond donors (Lipinski definition) is 7. The molecule has 13 heteroatoms. The first-order valence-corrected chi connectivity index (χ1v) is 12.5. The van der Waals surface area contributed by atoms with Gasteiger partial charge in [-0.1, -0.05) is 18.2 Å². The van der Waals surface area contributed by atoms with Gasteiger partial charge >= 0.3 is 5.97 Å². The lowest BCUT2D eigenvalue weighted by molar-refractivity contribution is -0.149. The maximum Gasteiger partial charge on any atom is 0.345 e. The zero-order chi connectivity index (χ0) is 23.7. The zero-order valence-electron chi connectivity index (χ0n) is 18.3. The number of nitrogens with one attached hydrogen (secondary N) is 6. The minimum Gasteiger partial charge on any atom is -0.478 e. The molecule has 1 aromatic rings. The Kier molecular flexibility index (Phi) is 9.14. The van der Waals surface area contributed by atoms with Crippen molar-refractivity contribution in [2.45, 2.75) is 55.0 Å². The number of hydrogen-bond acceptors (Lipinski definition) is 9. The molecule has 1 amide bonds. The van der Waals surface area contributed by atoms with Crippen LogP contribution in [0.1, 0.15) is 32.1 Å². The largest absolute Gasteiger partial charge is 0.478 e. The first-order chi connectivity index (χ1) is 15.8. The summed E-state index contributed by atoms with van der Waals surface area (Å²) in [5, 5.41) is 22.2. The van der Waals surface area contributed by atoms with E-state index in [9.17, 15) is 23.1 Å². The molecule has 0 saturated carbocycles. The van der Waals surface area contributed by atoms with Crippen LogP contribution < -0.4 is 31.5 Å². The van der Waals surface area contributed by atoms with Crippen LogP contribution >= 0.6 is 0 Å². The summed E-state index contributed by atoms with van der Waals surface area (Å²) < 4.78 is 28.2. The molecule has 2 aliphatic heterocycles. The fourth-order valence-electron chi connectivity index (χ4n) is 3.74. The van der Waals surface area contributed by atoms with E-state index in [0.717, 1.165) is 13.1 Å². The van der Waals surface area contributed by atoms with E-state index in [4.69, 9.17) is 4.84 Å². The van der Waals surface area contributed by atoms with E-state index in [-0.39, 0.29) is 30.1 Å². The molecule has 2 aliphatic rings. The summed E-state index contributed by atoms with van der Waals surface area (Å²) in [6, 6.07) is 7.20. The summed E-state index contributed by atoms with van der Waals surface area (Å²) in [7, 11) is -4.21. The van der Waals surface area contributed by atoms with Crippen molar-refractivity contribution in [3.05, 3.63) is 30.3 Å². The number of benzene rings is 1. The molecule has 12 nitrogen and oxygen atoms in total. The van der Waals surface area contributed by atoms with Crippen LogP contribution in [0.25, 0.3) is 0 Å². The highest BCUT2D eigenvalue weighted by atomic mass is 32.2. The maximum atomic E-state index is 13.0. The second-order valence-electron chi connectivity index (χ2n) is 8.09. The van der Waals surface area contributed by atoms with Crippen LogP contribution in [-0.2, 0) is 24.4 Å². The normalized spacial score (nSPS) is 21.0. The Labute approximate surface area is 193 Å². The molecule has 0 aromatic heterocycles. The molecular weight excluding hydrogens is 452 g/mol. The lowest BCUT2D eigenvalue weighted by Gasteiger charge is -2.31. The summed E-state index contributed by atoms with van der Waals surface area (Å²) in [5.74, 6) is -2.06. The molecule has 2 saturated heterocycles. The van der Waals surface area contributed by atoms with Crippen LogP contribution in [0.2, 0.25) is 0 Å². The van der Waals surface area contributed by atoms with Gasteiger partial charge in [-0.25, -0.2) is 13.2 Å². The number of carbonyl (C=O) groups is 2. The van der Waals surface area contributed by atoms with Gasteiger partial charge in [-0.2, -0.15) is 10.2 Å². The van der Waals surface area contributed by atoms with Crippen LogP contribution in [0.3, 0.4) is 0 Å². The molecule has 2 unspecified atom stereocenters. The molecule has 3 rings (SSSR count). The van der Waals surface area contributed by atoms with Gasteiger partial charge in [0.05, 0.1) is 11.5 Å². The van der Waals surface area contributed by atoms with Crippen molar-refractivity contribution in [3.63, 3.8) is 0 Å². The average Bonchev–Trinajstić information content (AvgIpc) is 3.48. The number of aliphatic carboxylic acids is 1. The Balaban J connectivity index is 1.70. The van der Waals surface area contributed by atoms with E-state index < -0.39 is 27.6 Å². The van der Waals surface area contributed by atoms with Gasteiger partial charge in [0.1, 0.15) is 6.29 Å². The van der Waals surface area contributed by atoms with Crippen LogP contribution in [0, 0.1) is 0 Å². The van der Waals surface area contributed by atoms with Crippen LogP contribution in [-0.4, -0.2) is 69.6 Å². The molecule has 33 heavy (non-hydrogen) atoms. The lowest BCUT2D eigenvalue weighted by Crippen LogP contribution is -2.65. The molecule has 1 aromatic carbocycles. The molecule has 2 atom stereocenters. The third-order valence-electron chi connectivity index (χ3n) is 5.48. The molecule has 0 aliphatic carbocycles. The van der Waals surface area contributed by atoms with E-state index in [1.807, 2.05) is 0 Å². The standard InChI is InChI=1S/C20H32N6O6S/c27-17(14-15-8-13-32-25-15)24-20(18(28)29,9-4-5-10-21-19-22-11-12-23-19)26-33(30,31)16-6-2-1-3-7-16/h1-3,6-7,15,19,21-23,25-26H,4-5,8-14H2,(H,24,27)(H,28,29). The Morgan fingerprint density at radius 3 is 2.52 bits per heavy atom. The van der Waals surface area contributed by atoms with E-state index >= 15 is 0 Å². The number of amides is 1. The van der Waals surface area contributed by atoms with E-state index in [2.05, 4.69) is 31.5 Å². The first-order valence-electron chi connectivity index (χ1n) is 11.0. The summed E-state index contributed by atoms with van der Waals surface area (Å²) in [6.07, 6.45) is 1.36. The number of carboxylic acids is 1. The fraction of sp³-hybridized carbons (Fsp3) is 0.600. The SMILES string of the molecule is O=C(CC1CCON1)NC(CCCCNC1NCCN1)(NS(=O)(=O)c1ccccc1)C(=O)O. The summed E-state index contributed by atoms with van der Waals surface area (Å²) >= 11 is 0. The summed E-state index contributed by atoms with van der Waals surface area (Å²) in [4.78, 5) is 30.0. The maximum absolute atomic E-state index is 13.0. The van der Waals surface area contributed by atoms with Gasteiger partial charge in [0.2, 0.25) is 21.6 Å². The van der Waals surface area contributed by atoms with Gasteiger partial charge in [0, 0.05) is 25.6 Å². The Morgan fingerprint density at radius 2 is 1.88 bits per heavy atom. The van der Waals surface area contributed by atoms with Crippen molar-refractivity contribution in [1.29, 1.82) is 0 Å². The van der Waals surface area contributed by atoms with Crippen molar-refractivity contribution >= 4 is 21.9 Å². The number of unbranched alkanes of at least 4 members (excludes halogenated alkanes) is 1. The number of hydroxylamine groups is 1. The zero-order valence-corrected chi connectivity index (χ0v) is 19.1. The van der Waals surface area contributed by atoms with Crippen LogP contribution in [0.15, 0.2) is 35.2 Å². The quantitative estimate of drug-likeness (QED) is 0.133. The Morgan fingerprint density at radius 1 is 1.15 bits per heavy atom. The molecule has 184 valence electrons. The number of carboxylic acid groups (broad SMARTS) is 1. The van der Waals surface area contributed by atoms with E-state index in [1.54, 1.807) is 6.07 Å². The summed E-state index contributed by atoms with van der Waals surface area (Å²) in [5.41, 5.74) is 0.511. The van der Waals surface area contributed by atoms with Gasteiger partial charge in [-0.15, -0.1) is 0 Å². The lowest BCUT2D eigenvalue weighted by atomic mass is 10.0. The first kappa shape index (κ1) is 25.5. The molecule has 0 spiro atoms. The Bertz CT molecular complexity index is 890. The smallest absolute Gasteiger partial charge is 0.345 e. The van der Waals surface area contributed by atoms with Crippen LogP contribution in [0.5, 0.6) is 0 Å². The third-order valence-corrected chi connectivity index (χ3v) is 6.99. The fourth-order valence-corrected chi connectivity index (χ4v) is 5.07. The molecule has 0 radical (unpaired) electrons. The highest BCUT2D eigenvalue weighted by Crippen LogP contribution is 2.19. The second kappa shape index (κ2) is 11.8. The predicted molar refractivity (Wildman–Crippen MR) is 119 cm³/mol. The molecule has 2 fully saturated rings. The monoisotopic (exact) mass is 484 g/mol. The number of rotatable bonds is 13. The molecule has 7 N–H and O–H groups in total. The second-order valence-corrected chi connectivity index (χ2v) is 9.77. The highest BCUT2D eigenvalue weighted by Gasteiger charge is 2.44.